The summed E-state index contributed by atoms with van der Waals surface area (Å²) in [6, 6.07) is 38.7. The van der Waals surface area contributed by atoms with E-state index in [9.17, 15) is 24.0 Å². The Hall–Kier alpha value is -6.71. The number of ketones is 1. The van der Waals surface area contributed by atoms with E-state index in [1.165, 1.54) is 6.92 Å². The van der Waals surface area contributed by atoms with E-state index in [0.29, 0.717) is 11.1 Å². The standard InChI is InChI=1S/C48H44N2O12/c1-29(51)49-41-43(61-44(53)31-17-7-3-8-18-31)42-40(28-58-46(62-42)32-19-9-4-10-20-32)60-47(41)57-26-38(45(54)56-27-39(52)30-15-5-2-6-16-30)50-48(55)59-25-37-35-23-13-11-21-33(35)34-22-12-14-24-36(34)37/h2-24,37-38,40-43,46-47H,25-28H2,1H3,(H,49,51)(H,50,55)/t38-,40+,41-,42-,43+,46-,47-/m0/s1. The van der Waals surface area contributed by atoms with Crippen LogP contribution in [0.4, 0.5) is 4.79 Å². The van der Waals surface area contributed by atoms with E-state index in [1.54, 1.807) is 60.7 Å². The number of alkyl carbamates (subject to hydrolysis) is 1. The lowest BCUT2D eigenvalue weighted by atomic mass is 9.95. The fourth-order valence-corrected chi connectivity index (χ4v) is 7.87. The summed E-state index contributed by atoms with van der Waals surface area (Å²) in [4.78, 5) is 66.7. The minimum Gasteiger partial charge on any atom is -0.456 e. The Balaban J connectivity index is 1.02. The Kier molecular flexibility index (Phi) is 13.1. The SMILES string of the molecule is CC(=O)N[C@@H]1[C@@H](OC[C@H](NC(=O)OCC2c3ccccc3-c3ccccc32)C(=O)OCC(=O)c2ccccc2)O[C@@H]2CO[C@H](c3ccccc3)O[C@@H]2[C@@H]1OC(=O)c1ccccc1. The molecule has 8 rings (SSSR count). The smallest absolute Gasteiger partial charge is 0.407 e. The van der Waals surface area contributed by atoms with Gasteiger partial charge in [-0.3, -0.25) is 9.59 Å². The Morgan fingerprint density at radius 2 is 1.31 bits per heavy atom. The third kappa shape index (κ3) is 9.59. The summed E-state index contributed by atoms with van der Waals surface area (Å²) >= 11 is 0. The van der Waals surface area contributed by atoms with Crippen LogP contribution in [0.1, 0.15) is 56.5 Å². The molecule has 2 saturated heterocycles. The number of nitrogens with one attached hydrogen (secondary N) is 2. The van der Waals surface area contributed by atoms with Crippen molar-refractivity contribution in [1.82, 2.24) is 10.6 Å². The maximum Gasteiger partial charge on any atom is 0.407 e. The lowest BCUT2D eigenvalue weighted by Crippen LogP contribution is -2.68. The molecule has 62 heavy (non-hydrogen) atoms. The van der Waals surface area contributed by atoms with Gasteiger partial charge < -0.3 is 43.8 Å². The zero-order valence-corrected chi connectivity index (χ0v) is 33.6. The Labute approximate surface area is 357 Å². The van der Waals surface area contributed by atoms with Gasteiger partial charge in [0.25, 0.3) is 0 Å². The van der Waals surface area contributed by atoms with Gasteiger partial charge in [0, 0.05) is 24.0 Å². The molecule has 1 aliphatic carbocycles. The number of Topliss-reactive ketones (excluding diaryl/α,β-unsaturated/α-hetero) is 1. The molecule has 2 heterocycles. The fourth-order valence-electron chi connectivity index (χ4n) is 7.87. The average molecular weight is 841 g/mol. The van der Waals surface area contributed by atoms with Gasteiger partial charge in [0.15, 0.2) is 37.1 Å². The lowest BCUT2D eigenvalue weighted by molar-refractivity contribution is -0.343. The number of fused-ring (bicyclic) bond motifs is 4. The molecule has 14 heteroatoms. The second kappa shape index (κ2) is 19.3. The first-order valence-corrected chi connectivity index (χ1v) is 20.2. The Bertz CT molecular complexity index is 2330. The van der Waals surface area contributed by atoms with E-state index in [0.717, 1.165) is 22.3 Å². The van der Waals surface area contributed by atoms with Crippen molar-refractivity contribution in [2.24, 2.45) is 0 Å². The number of benzene rings is 5. The molecule has 0 saturated carbocycles. The fraction of sp³-hybridized carbons (Fsp3) is 0.271. The molecule has 0 bridgehead atoms. The van der Waals surface area contributed by atoms with Gasteiger partial charge in [0.1, 0.15) is 24.9 Å². The quantitative estimate of drug-likeness (QED) is 0.0771. The first-order chi connectivity index (χ1) is 30.2. The second-order valence-corrected chi connectivity index (χ2v) is 14.9. The van der Waals surface area contributed by atoms with Gasteiger partial charge in [0.05, 0.1) is 18.8 Å². The van der Waals surface area contributed by atoms with Gasteiger partial charge >= 0.3 is 18.0 Å². The summed E-state index contributed by atoms with van der Waals surface area (Å²) in [5, 5.41) is 5.33. The monoisotopic (exact) mass is 840 g/mol. The van der Waals surface area contributed by atoms with E-state index in [-0.39, 0.29) is 24.7 Å². The van der Waals surface area contributed by atoms with Crippen molar-refractivity contribution in [3.63, 3.8) is 0 Å². The van der Waals surface area contributed by atoms with Crippen LogP contribution in [-0.4, -0.2) is 92.8 Å². The van der Waals surface area contributed by atoms with Crippen molar-refractivity contribution in [3.05, 3.63) is 167 Å². The molecule has 5 aromatic rings. The molecule has 5 aromatic carbocycles. The maximum atomic E-state index is 13.8. The van der Waals surface area contributed by atoms with Crippen molar-refractivity contribution < 1.29 is 57.1 Å². The maximum absolute atomic E-state index is 13.8. The minimum atomic E-state index is -1.54. The minimum absolute atomic E-state index is 0.0265. The van der Waals surface area contributed by atoms with E-state index in [4.69, 9.17) is 33.2 Å². The van der Waals surface area contributed by atoms with Crippen molar-refractivity contribution in [1.29, 1.82) is 0 Å². The molecule has 318 valence electrons. The molecule has 7 atom stereocenters. The van der Waals surface area contributed by atoms with Gasteiger partial charge in [-0.15, -0.1) is 0 Å². The van der Waals surface area contributed by atoms with E-state index in [1.807, 2.05) is 78.9 Å². The van der Waals surface area contributed by atoms with Crippen molar-refractivity contribution in [3.8, 4) is 11.1 Å². The summed E-state index contributed by atoms with van der Waals surface area (Å²) in [6.45, 7) is -0.0132. The van der Waals surface area contributed by atoms with Gasteiger partial charge in [-0.25, -0.2) is 14.4 Å². The molecular formula is C48H44N2O12. The van der Waals surface area contributed by atoms with E-state index in [2.05, 4.69) is 10.6 Å². The van der Waals surface area contributed by atoms with Gasteiger partial charge in [0.2, 0.25) is 5.91 Å². The highest BCUT2D eigenvalue weighted by Gasteiger charge is 2.53. The third-order valence-corrected chi connectivity index (χ3v) is 10.8. The molecule has 14 nitrogen and oxygen atoms in total. The zero-order chi connectivity index (χ0) is 43.0. The summed E-state index contributed by atoms with van der Waals surface area (Å²) in [5.41, 5.74) is 5.34. The molecule has 3 aliphatic rings. The number of hydrogen-bond acceptors (Lipinski definition) is 12. The van der Waals surface area contributed by atoms with E-state index < -0.39 is 85.9 Å². The highest BCUT2D eigenvalue weighted by molar-refractivity contribution is 5.98. The Morgan fingerprint density at radius 3 is 1.95 bits per heavy atom. The van der Waals surface area contributed by atoms with Gasteiger partial charge in [-0.2, -0.15) is 0 Å². The summed E-state index contributed by atoms with van der Waals surface area (Å²) in [6.07, 6.45) is -6.24. The number of carbonyl (C=O) groups excluding carboxylic acids is 5. The molecule has 2 N–H and O–H groups in total. The number of ether oxygens (including phenoxy) is 7. The summed E-state index contributed by atoms with van der Waals surface area (Å²) in [7, 11) is 0. The largest absolute Gasteiger partial charge is 0.456 e. The molecule has 0 spiro atoms. The Morgan fingerprint density at radius 1 is 0.710 bits per heavy atom. The number of rotatable bonds is 14. The zero-order valence-electron chi connectivity index (χ0n) is 33.6. The predicted molar refractivity (Wildman–Crippen MR) is 222 cm³/mol. The van der Waals surface area contributed by atoms with Crippen molar-refractivity contribution in [2.75, 3.05) is 26.4 Å². The number of amides is 2. The summed E-state index contributed by atoms with van der Waals surface area (Å²) < 4.78 is 42.3. The van der Waals surface area contributed by atoms with Crippen LogP contribution in [0.2, 0.25) is 0 Å². The topological polar surface area (TPSA) is 174 Å². The number of esters is 2. The van der Waals surface area contributed by atoms with Crippen LogP contribution in [0.25, 0.3) is 11.1 Å². The van der Waals surface area contributed by atoms with Crippen LogP contribution in [0, 0.1) is 0 Å². The van der Waals surface area contributed by atoms with Crippen LogP contribution < -0.4 is 10.6 Å². The van der Waals surface area contributed by atoms with Crippen LogP contribution >= 0.6 is 0 Å². The summed E-state index contributed by atoms with van der Waals surface area (Å²) in [5.74, 6) is -2.95. The second-order valence-electron chi connectivity index (χ2n) is 14.9. The van der Waals surface area contributed by atoms with Gasteiger partial charge in [-0.05, 0) is 34.4 Å². The van der Waals surface area contributed by atoms with E-state index >= 15 is 0 Å². The third-order valence-electron chi connectivity index (χ3n) is 10.8. The molecule has 2 amide bonds. The normalized spacial score (nSPS) is 21.8. The molecular weight excluding hydrogens is 797 g/mol. The lowest BCUT2D eigenvalue weighted by Gasteiger charge is -2.48. The van der Waals surface area contributed by atoms with Crippen LogP contribution in [0.15, 0.2) is 140 Å². The number of hydrogen-bond donors (Lipinski definition) is 2. The molecule has 2 aliphatic heterocycles. The predicted octanol–water partition coefficient (Wildman–Crippen LogP) is 5.91. The average Bonchev–Trinajstić information content (AvgIpc) is 3.63. The van der Waals surface area contributed by atoms with Crippen molar-refractivity contribution >= 4 is 29.7 Å². The first kappa shape index (κ1) is 42.0. The van der Waals surface area contributed by atoms with Crippen LogP contribution in [0.3, 0.4) is 0 Å². The molecule has 2 fully saturated rings. The number of carbonyl (C=O) groups is 5. The molecule has 0 unspecified atom stereocenters. The van der Waals surface area contributed by atoms with Crippen LogP contribution in [0.5, 0.6) is 0 Å². The molecule has 0 radical (unpaired) electrons. The highest BCUT2D eigenvalue weighted by atomic mass is 16.8. The van der Waals surface area contributed by atoms with Gasteiger partial charge in [-0.1, -0.05) is 127 Å². The van der Waals surface area contributed by atoms with Crippen LogP contribution in [-0.2, 0) is 42.7 Å². The first-order valence-electron chi connectivity index (χ1n) is 20.2. The molecule has 0 aromatic heterocycles. The van der Waals surface area contributed by atoms with Crippen molar-refractivity contribution in [2.45, 2.75) is 55.8 Å². The highest BCUT2D eigenvalue weighted by Crippen LogP contribution is 2.44.